The molecule has 14 heteroatoms. The second-order valence-electron chi connectivity index (χ2n) is 15.2. The van der Waals surface area contributed by atoms with E-state index in [4.69, 9.17) is 14.2 Å². The van der Waals surface area contributed by atoms with E-state index in [2.05, 4.69) is 13.1 Å². The molecule has 1 N–H and O–H groups in total. The maximum Gasteiger partial charge on any atom is 0.297 e. The molecule has 0 aliphatic carbocycles. The fourth-order valence-corrected chi connectivity index (χ4v) is 13.2. The number of rotatable bonds is 11. The number of hydrogen-bond acceptors (Lipinski definition) is 9. The van der Waals surface area contributed by atoms with Crippen LogP contribution in [0.25, 0.3) is 5.69 Å². The first-order valence-corrected chi connectivity index (χ1v) is 21.6. The molecule has 288 valence electrons. The molecule has 13 nitrogen and oxygen atoms in total. The number of carbonyl (C=O) groups is 2. The zero-order valence-electron chi connectivity index (χ0n) is 31.6. The number of hydrogen-bond donors (Lipinski definition) is 1. The van der Waals surface area contributed by atoms with Gasteiger partial charge in [0.05, 0.1) is 64.6 Å². The summed E-state index contributed by atoms with van der Waals surface area (Å²) in [5.41, 5.74) is -0.240. The van der Waals surface area contributed by atoms with Gasteiger partial charge in [-0.25, -0.2) is 0 Å². The van der Waals surface area contributed by atoms with Crippen LogP contribution in [0, 0.1) is 16.0 Å². The van der Waals surface area contributed by atoms with Crippen molar-refractivity contribution in [3.05, 3.63) is 117 Å². The number of nitrogens with zero attached hydrogens (tertiary/aromatic N) is 4. The number of aliphatic hydroxyl groups excluding tert-OH is 1. The van der Waals surface area contributed by atoms with Crippen LogP contribution >= 0.6 is 0 Å². The van der Waals surface area contributed by atoms with Gasteiger partial charge in [-0.1, -0.05) is 49.5 Å². The lowest BCUT2D eigenvalue weighted by Gasteiger charge is -2.37. The van der Waals surface area contributed by atoms with Gasteiger partial charge < -0.3 is 29.1 Å². The number of fused-ring (bicyclic) bond motifs is 2. The number of ether oxygens (including phenoxy) is 3. The van der Waals surface area contributed by atoms with E-state index in [0.717, 1.165) is 11.6 Å². The van der Waals surface area contributed by atoms with E-state index in [1.807, 2.05) is 43.3 Å². The second-order valence-corrected chi connectivity index (χ2v) is 19.9. The first-order valence-electron chi connectivity index (χ1n) is 18.5. The first-order chi connectivity index (χ1) is 26.3. The highest BCUT2D eigenvalue weighted by Gasteiger charge is 2.67. The fraction of sp³-hybridized carbons (Fsp3) is 0.390. The molecule has 4 aromatic rings. The molecule has 2 fully saturated rings. The largest absolute Gasteiger partial charge is 0.497 e. The van der Waals surface area contributed by atoms with Crippen LogP contribution in [-0.4, -0.2) is 78.9 Å². The van der Waals surface area contributed by atoms with Crippen molar-refractivity contribution in [3.8, 4) is 17.2 Å². The molecule has 2 saturated heterocycles. The summed E-state index contributed by atoms with van der Waals surface area (Å²) < 4.78 is 19.2. The number of aromatic nitrogens is 1. The number of carbonyl (C=O) groups excluding carboxylic acids is 2. The van der Waals surface area contributed by atoms with Crippen LogP contribution in [0.1, 0.15) is 37.3 Å². The highest BCUT2D eigenvalue weighted by atomic mass is 28.3. The Labute approximate surface area is 320 Å². The topological polar surface area (TPSA) is 154 Å². The van der Waals surface area contributed by atoms with Crippen molar-refractivity contribution in [2.75, 3.05) is 32.3 Å². The van der Waals surface area contributed by atoms with Gasteiger partial charge in [-0.05, 0) is 66.4 Å². The number of benzene rings is 3. The minimum Gasteiger partial charge on any atom is -0.497 e. The van der Waals surface area contributed by atoms with Crippen LogP contribution < -0.4 is 25.1 Å². The summed E-state index contributed by atoms with van der Waals surface area (Å²) in [6.07, 6.45) is 2.43. The summed E-state index contributed by atoms with van der Waals surface area (Å²) in [6.45, 7) is 6.88. The number of anilines is 1. The zero-order valence-corrected chi connectivity index (χ0v) is 32.6. The lowest BCUT2D eigenvalue weighted by atomic mass is 9.82. The Morgan fingerprint density at radius 3 is 2.49 bits per heavy atom. The second kappa shape index (κ2) is 14.7. The van der Waals surface area contributed by atoms with Crippen LogP contribution in [0.4, 0.5) is 11.4 Å². The van der Waals surface area contributed by atoms with Crippen LogP contribution in [0.15, 0.2) is 89.9 Å². The van der Waals surface area contributed by atoms with Gasteiger partial charge in [-0.2, -0.15) is 0 Å². The van der Waals surface area contributed by atoms with E-state index in [1.54, 1.807) is 53.4 Å². The molecule has 3 aliphatic heterocycles. The van der Waals surface area contributed by atoms with Gasteiger partial charge in [0.2, 0.25) is 5.91 Å². The zero-order chi connectivity index (χ0) is 39.2. The SMILES string of the molecule is COc1ccc([Si](C)(C)[C@H]2[C@H](CC(=O)N3CCC[C@H]3CO)O[C@@]3(C(=O)N(Cc4cccc(-n5cccc(OC)c5=O)c4)c4ccc([N+](=O)[O-])cc43)[C@@H]2C)cc1. The molecule has 0 radical (unpaired) electrons. The average molecular weight is 767 g/mol. The molecule has 0 bridgehead atoms. The molecular formula is C41H46N4O9Si. The summed E-state index contributed by atoms with van der Waals surface area (Å²) in [6, 6.07) is 22.6. The smallest absolute Gasteiger partial charge is 0.297 e. The number of nitro benzene ring substituents is 1. The van der Waals surface area contributed by atoms with Crippen molar-refractivity contribution in [1.29, 1.82) is 0 Å². The van der Waals surface area contributed by atoms with Crippen molar-refractivity contribution in [2.24, 2.45) is 5.92 Å². The van der Waals surface area contributed by atoms with Gasteiger partial charge in [0.25, 0.3) is 17.2 Å². The van der Waals surface area contributed by atoms with Gasteiger partial charge in [-0.15, -0.1) is 0 Å². The summed E-state index contributed by atoms with van der Waals surface area (Å²) >= 11 is 0. The Morgan fingerprint density at radius 1 is 1.04 bits per heavy atom. The predicted octanol–water partition coefficient (Wildman–Crippen LogP) is 4.90. The normalized spacial score (nSPS) is 23.3. The van der Waals surface area contributed by atoms with Gasteiger partial charge >= 0.3 is 0 Å². The summed E-state index contributed by atoms with van der Waals surface area (Å²) in [5, 5.41) is 23.4. The molecule has 3 aromatic carbocycles. The van der Waals surface area contributed by atoms with Crippen LogP contribution in [0.3, 0.4) is 0 Å². The molecule has 55 heavy (non-hydrogen) atoms. The predicted molar refractivity (Wildman–Crippen MR) is 209 cm³/mol. The molecular weight excluding hydrogens is 721 g/mol. The van der Waals surface area contributed by atoms with Crippen molar-refractivity contribution in [1.82, 2.24) is 9.47 Å². The number of pyridine rings is 1. The number of nitro groups is 1. The Bertz CT molecular complexity index is 2190. The van der Waals surface area contributed by atoms with Crippen molar-refractivity contribution < 1.29 is 33.8 Å². The number of amides is 2. The number of likely N-dealkylation sites (tertiary alicyclic amines) is 1. The Hall–Kier alpha value is -5.31. The summed E-state index contributed by atoms with van der Waals surface area (Å²) in [5.74, 6) is -0.122. The van der Waals surface area contributed by atoms with E-state index < -0.39 is 30.6 Å². The molecule has 5 atom stereocenters. The Kier molecular flexibility index (Phi) is 10.2. The number of non-ortho nitro benzene ring substituents is 1. The third kappa shape index (κ3) is 6.41. The van der Waals surface area contributed by atoms with Gasteiger partial charge in [-0.3, -0.25) is 29.1 Å². The monoisotopic (exact) mass is 766 g/mol. The van der Waals surface area contributed by atoms with Crippen LogP contribution in [-0.2, 0) is 26.5 Å². The van der Waals surface area contributed by atoms with Crippen molar-refractivity contribution in [2.45, 2.75) is 69.1 Å². The molecule has 1 aromatic heterocycles. The minimum absolute atomic E-state index is 0.00524. The molecule has 1 spiro atoms. The molecule has 0 saturated carbocycles. The minimum atomic E-state index is -2.62. The van der Waals surface area contributed by atoms with Crippen LogP contribution in [0.2, 0.25) is 18.6 Å². The van der Waals surface area contributed by atoms with E-state index in [0.29, 0.717) is 41.2 Å². The third-order valence-electron chi connectivity index (χ3n) is 12.0. The maximum absolute atomic E-state index is 15.3. The number of methoxy groups -OCH3 is 2. The lowest BCUT2D eigenvalue weighted by Crippen LogP contribution is -2.52. The lowest BCUT2D eigenvalue weighted by molar-refractivity contribution is -0.385. The summed E-state index contributed by atoms with van der Waals surface area (Å²) in [7, 11) is 0.421. The van der Waals surface area contributed by atoms with Crippen molar-refractivity contribution in [3.63, 3.8) is 0 Å². The third-order valence-corrected chi connectivity index (χ3v) is 16.3. The van der Waals surface area contributed by atoms with Gasteiger partial charge in [0.15, 0.2) is 11.4 Å². The van der Waals surface area contributed by atoms with Gasteiger partial charge in [0, 0.05) is 42.0 Å². The standard InChI is InChI=1S/C41H46N4O9Si/c1-26-38(55(4,5)32-16-14-31(52-2)15-17-32)36(23-37(47)42-19-7-11-30(42)25-46)54-41(26)33-22-29(45(50)51)13-18-34(33)44(40(41)49)24-27-9-6-10-28(21-27)43-20-8-12-35(53-3)39(43)48/h6,8-10,12-18,20-22,26,30,36,38,46H,7,11,19,23-25H2,1-5H3/t26-,30+,36+,38-,41+/m1/s1. The highest BCUT2D eigenvalue weighted by Crippen LogP contribution is 2.60. The highest BCUT2D eigenvalue weighted by molar-refractivity contribution is 6.91. The molecule has 3 aliphatic rings. The molecule has 2 amide bonds. The quantitative estimate of drug-likeness (QED) is 0.128. The van der Waals surface area contributed by atoms with Crippen LogP contribution in [0.5, 0.6) is 11.5 Å². The van der Waals surface area contributed by atoms with Crippen molar-refractivity contribution >= 4 is 36.4 Å². The van der Waals surface area contributed by atoms with Gasteiger partial charge in [0.1, 0.15) is 5.75 Å². The molecule has 7 rings (SSSR count). The van der Waals surface area contributed by atoms with E-state index in [1.165, 1.54) is 23.8 Å². The molecule has 4 heterocycles. The Balaban J connectivity index is 1.32. The van der Waals surface area contributed by atoms with E-state index in [9.17, 15) is 24.8 Å². The maximum atomic E-state index is 15.3. The first kappa shape index (κ1) is 38.0. The summed E-state index contributed by atoms with van der Waals surface area (Å²) in [4.78, 5) is 57.5. The fourth-order valence-electron chi connectivity index (χ4n) is 9.24. The average Bonchev–Trinajstić information content (AvgIpc) is 3.85. The Morgan fingerprint density at radius 2 is 1.80 bits per heavy atom. The van der Waals surface area contributed by atoms with E-state index >= 15 is 4.79 Å². The molecule has 0 unspecified atom stereocenters. The van der Waals surface area contributed by atoms with E-state index in [-0.39, 0.29) is 60.0 Å². The number of aliphatic hydroxyl groups is 1.